The second-order valence-electron chi connectivity index (χ2n) is 4.03. The molecule has 0 unspecified atom stereocenters. The van der Waals surface area contributed by atoms with Gasteiger partial charge in [-0.3, -0.25) is 4.79 Å². The Hall–Kier alpha value is -2.11. The van der Waals surface area contributed by atoms with Crippen LogP contribution in [0, 0.1) is 5.82 Å². The van der Waals surface area contributed by atoms with E-state index >= 15 is 0 Å². The van der Waals surface area contributed by atoms with Crippen molar-refractivity contribution in [3.05, 3.63) is 63.4 Å². The van der Waals surface area contributed by atoms with Gasteiger partial charge in [-0.05, 0) is 29.8 Å². The molecule has 0 aliphatic heterocycles. The van der Waals surface area contributed by atoms with Crippen LogP contribution in [-0.4, -0.2) is 17.2 Å². The molecular weight excluding hydrogens is 318 g/mol. The predicted octanol–water partition coefficient (Wildman–Crippen LogP) is 3.60. The molecule has 2 aromatic carbocycles. The molecule has 0 aliphatic carbocycles. The lowest BCUT2D eigenvalue weighted by Crippen LogP contribution is -2.17. The van der Waals surface area contributed by atoms with Crippen LogP contribution in [-0.2, 0) is 0 Å². The number of halogens is 3. The smallest absolute Gasteiger partial charge is 0.275 e. The number of carbonyl (C=O) groups is 1. The van der Waals surface area contributed by atoms with Gasteiger partial charge in [0.05, 0.1) is 16.8 Å². The van der Waals surface area contributed by atoms with Gasteiger partial charge in [0.25, 0.3) is 5.91 Å². The molecule has 2 aromatic rings. The summed E-state index contributed by atoms with van der Waals surface area (Å²) in [4.78, 5) is 11.9. The highest BCUT2D eigenvalue weighted by molar-refractivity contribution is 6.36. The summed E-state index contributed by atoms with van der Waals surface area (Å²) in [6.07, 6.45) is 1.33. The maximum absolute atomic E-state index is 12.7. The predicted molar refractivity (Wildman–Crippen MR) is 79.6 cm³/mol. The first-order valence-corrected chi connectivity index (χ1v) is 6.50. The first-order chi connectivity index (χ1) is 9.97. The number of aromatic hydroxyl groups is 1. The lowest BCUT2D eigenvalue weighted by molar-refractivity contribution is 0.0952. The van der Waals surface area contributed by atoms with Crippen molar-refractivity contribution in [2.45, 2.75) is 0 Å². The zero-order valence-electron chi connectivity index (χ0n) is 10.5. The number of carbonyl (C=O) groups excluding carboxylic acids is 1. The van der Waals surface area contributed by atoms with E-state index in [1.54, 1.807) is 0 Å². The number of benzene rings is 2. The Morgan fingerprint density at radius 2 is 1.90 bits per heavy atom. The number of hydrogen-bond acceptors (Lipinski definition) is 3. The first-order valence-electron chi connectivity index (χ1n) is 5.74. The van der Waals surface area contributed by atoms with Gasteiger partial charge in [0.1, 0.15) is 11.6 Å². The van der Waals surface area contributed by atoms with E-state index in [-0.39, 0.29) is 27.2 Å². The highest BCUT2D eigenvalue weighted by Gasteiger charge is 2.14. The van der Waals surface area contributed by atoms with Crippen LogP contribution >= 0.6 is 23.2 Å². The van der Waals surface area contributed by atoms with E-state index in [1.165, 1.54) is 42.6 Å². The molecule has 0 saturated heterocycles. The van der Waals surface area contributed by atoms with Crippen molar-refractivity contribution >= 4 is 35.3 Å². The molecule has 0 spiro atoms. The summed E-state index contributed by atoms with van der Waals surface area (Å²) >= 11 is 11.5. The molecule has 2 N–H and O–H groups in total. The van der Waals surface area contributed by atoms with Crippen molar-refractivity contribution in [2.75, 3.05) is 0 Å². The molecule has 0 aliphatic rings. The minimum atomic E-state index is -0.671. The van der Waals surface area contributed by atoms with Crippen LogP contribution in [0.4, 0.5) is 4.39 Å². The molecule has 0 radical (unpaired) electrons. The van der Waals surface area contributed by atoms with Gasteiger partial charge < -0.3 is 5.11 Å². The summed E-state index contributed by atoms with van der Waals surface area (Å²) in [5.74, 6) is -1.42. The molecule has 0 bridgehead atoms. The van der Waals surface area contributed by atoms with Gasteiger partial charge in [-0.25, -0.2) is 9.82 Å². The van der Waals surface area contributed by atoms with E-state index in [0.29, 0.717) is 5.56 Å². The number of phenolic OH excluding ortho intramolecular Hbond substituents is 1. The highest BCUT2D eigenvalue weighted by atomic mass is 35.5. The third kappa shape index (κ3) is 3.93. The molecule has 0 aromatic heterocycles. The van der Waals surface area contributed by atoms with Crippen LogP contribution in [0.2, 0.25) is 10.0 Å². The van der Waals surface area contributed by atoms with Crippen LogP contribution in [0.5, 0.6) is 5.75 Å². The molecule has 0 atom stereocenters. The fourth-order valence-corrected chi connectivity index (χ4v) is 2.01. The summed E-state index contributed by atoms with van der Waals surface area (Å²) in [7, 11) is 0. The van der Waals surface area contributed by atoms with E-state index in [0.717, 1.165) is 0 Å². The number of nitrogens with one attached hydrogen (secondary N) is 1. The van der Waals surface area contributed by atoms with Crippen molar-refractivity contribution in [3.8, 4) is 5.75 Å². The van der Waals surface area contributed by atoms with Gasteiger partial charge in [0, 0.05) is 5.02 Å². The Morgan fingerprint density at radius 1 is 1.24 bits per heavy atom. The van der Waals surface area contributed by atoms with E-state index in [2.05, 4.69) is 10.5 Å². The summed E-state index contributed by atoms with van der Waals surface area (Å²) in [6, 6.07) is 8.12. The summed E-state index contributed by atoms with van der Waals surface area (Å²) in [6.45, 7) is 0. The third-order valence-corrected chi connectivity index (χ3v) is 3.03. The van der Waals surface area contributed by atoms with Crippen LogP contribution < -0.4 is 5.43 Å². The lowest BCUT2D eigenvalue weighted by Gasteiger charge is -2.05. The largest absolute Gasteiger partial charge is 0.506 e. The summed E-state index contributed by atoms with van der Waals surface area (Å²) in [5.41, 5.74) is 2.72. The Morgan fingerprint density at radius 3 is 2.57 bits per heavy atom. The zero-order valence-corrected chi connectivity index (χ0v) is 12.0. The number of phenols is 1. The molecule has 7 heteroatoms. The minimum Gasteiger partial charge on any atom is -0.506 e. The lowest BCUT2D eigenvalue weighted by atomic mass is 10.2. The van der Waals surface area contributed by atoms with Crippen LogP contribution in [0.15, 0.2) is 41.5 Å². The topological polar surface area (TPSA) is 61.7 Å². The van der Waals surface area contributed by atoms with Crippen molar-refractivity contribution in [1.82, 2.24) is 5.43 Å². The third-order valence-electron chi connectivity index (χ3n) is 2.52. The Kier molecular flexibility index (Phi) is 4.77. The Balaban J connectivity index is 2.10. The van der Waals surface area contributed by atoms with Gasteiger partial charge >= 0.3 is 0 Å². The Labute approximate surface area is 129 Å². The monoisotopic (exact) mass is 326 g/mol. The Bertz CT molecular complexity index is 703. The van der Waals surface area contributed by atoms with Crippen LogP contribution in [0.3, 0.4) is 0 Å². The van der Waals surface area contributed by atoms with Gasteiger partial charge in [-0.15, -0.1) is 0 Å². The van der Waals surface area contributed by atoms with E-state index in [9.17, 15) is 14.3 Å². The SMILES string of the molecule is O=C(N/N=C/c1ccc(F)cc1)c1cc(Cl)cc(Cl)c1O. The molecule has 2 rings (SSSR count). The van der Waals surface area contributed by atoms with Crippen molar-refractivity contribution in [3.63, 3.8) is 0 Å². The molecule has 21 heavy (non-hydrogen) atoms. The number of nitrogens with zero attached hydrogens (tertiary/aromatic N) is 1. The standard InChI is InChI=1S/C14H9Cl2FN2O2/c15-9-5-11(13(20)12(16)6-9)14(21)19-18-7-8-1-3-10(17)4-2-8/h1-7,20H,(H,19,21)/b18-7+. The number of hydrogen-bond donors (Lipinski definition) is 2. The molecule has 108 valence electrons. The van der Waals surface area contributed by atoms with E-state index in [1.807, 2.05) is 0 Å². The van der Waals surface area contributed by atoms with Crippen LogP contribution in [0.1, 0.15) is 15.9 Å². The van der Waals surface area contributed by atoms with Crippen molar-refractivity contribution < 1.29 is 14.3 Å². The van der Waals surface area contributed by atoms with Crippen molar-refractivity contribution in [1.29, 1.82) is 0 Å². The zero-order chi connectivity index (χ0) is 15.4. The molecule has 0 saturated carbocycles. The summed E-state index contributed by atoms with van der Waals surface area (Å²) in [5, 5.41) is 13.6. The maximum atomic E-state index is 12.7. The van der Waals surface area contributed by atoms with E-state index < -0.39 is 5.91 Å². The molecule has 1 amide bonds. The second-order valence-corrected chi connectivity index (χ2v) is 4.88. The first kappa shape index (κ1) is 15.3. The van der Waals surface area contributed by atoms with Crippen LogP contribution in [0.25, 0.3) is 0 Å². The fourth-order valence-electron chi connectivity index (χ4n) is 1.51. The maximum Gasteiger partial charge on any atom is 0.275 e. The molecule has 0 heterocycles. The minimum absolute atomic E-state index is 0.0323. The second kappa shape index (κ2) is 6.56. The molecule has 4 nitrogen and oxygen atoms in total. The highest BCUT2D eigenvalue weighted by Crippen LogP contribution is 2.30. The molecule has 0 fully saturated rings. The number of rotatable bonds is 3. The van der Waals surface area contributed by atoms with Gasteiger partial charge in [-0.2, -0.15) is 5.10 Å². The van der Waals surface area contributed by atoms with Gasteiger partial charge in [0.15, 0.2) is 0 Å². The van der Waals surface area contributed by atoms with Gasteiger partial charge in [0.2, 0.25) is 0 Å². The summed E-state index contributed by atoms with van der Waals surface area (Å²) < 4.78 is 12.7. The number of hydrazone groups is 1. The average Bonchev–Trinajstić information content (AvgIpc) is 2.44. The van der Waals surface area contributed by atoms with Crippen molar-refractivity contribution in [2.24, 2.45) is 5.10 Å². The fraction of sp³-hybridized carbons (Fsp3) is 0. The average molecular weight is 327 g/mol. The normalized spacial score (nSPS) is 10.8. The molecular formula is C14H9Cl2FN2O2. The van der Waals surface area contributed by atoms with Gasteiger partial charge in [-0.1, -0.05) is 35.3 Å². The quantitative estimate of drug-likeness (QED) is 0.668. The number of amides is 1. The van der Waals surface area contributed by atoms with E-state index in [4.69, 9.17) is 23.2 Å².